The average molecular weight is 332 g/mol. The predicted octanol–water partition coefficient (Wildman–Crippen LogP) is 4.33. The van der Waals surface area contributed by atoms with Crippen LogP contribution in [0.1, 0.15) is 25.0 Å². The lowest BCUT2D eigenvalue weighted by Crippen LogP contribution is -2.37. The van der Waals surface area contributed by atoms with Crippen LogP contribution in [0, 0.1) is 0 Å². The number of halogens is 1. The van der Waals surface area contributed by atoms with Crippen molar-refractivity contribution in [2.24, 2.45) is 0 Å². The van der Waals surface area contributed by atoms with Crippen molar-refractivity contribution in [3.05, 3.63) is 64.7 Å². The van der Waals surface area contributed by atoms with E-state index in [1.165, 1.54) is 0 Å². The van der Waals surface area contributed by atoms with Crippen LogP contribution in [0.25, 0.3) is 0 Å². The molecule has 4 heteroatoms. The molecule has 0 unspecified atom stereocenters. The zero-order valence-electron chi connectivity index (χ0n) is 13.8. The quantitative estimate of drug-likeness (QED) is 0.788. The molecular formula is C19H22ClNO2. The average Bonchev–Trinajstić information content (AvgIpc) is 2.56. The molecule has 3 nitrogen and oxygen atoms in total. The smallest absolute Gasteiger partial charge is 0.263 e. The van der Waals surface area contributed by atoms with Crippen molar-refractivity contribution in [2.75, 3.05) is 7.05 Å². The van der Waals surface area contributed by atoms with Crippen LogP contribution in [-0.4, -0.2) is 24.0 Å². The van der Waals surface area contributed by atoms with E-state index in [0.717, 1.165) is 23.3 Å². The number of para-hydroxylation sites is 1. The minimum Gasteiger partial charge on any atom is -0.481 e. The van der Waals surface area contributed by atoms with E-state index >= 15 is 0 Å². The zero-order chi connectivity index (χ0) is 16.8. The highest BCUT2D eigenvalue weighted by Crippen LogP contribution is 2.20. The van der Waals surface area contributed by atoms with Crippen LogP contribution in [-0.2, 0) is 17.8 Å². The van der Waals surface area contributed by atoms with E-state index in [0.29, 0.717) is 11.6 Å². The summed E-state index contributed by atoms with van der Waals surface area (Å²) in [7, 11) is 1.78. The summed E-state index contributed by atoms with van der Waals surface area (Å²) >= 11 is 5.88. The standard InChI is InChI=1S/C19H22ClNO2/c1-4-16-7-5-6-8-18(16)23-14(2)19(22)21(3)13-15-9-11-17(20)12-10-15/h5-12,14H,4,13H2,1-3H3/t14-/m1/s1. The summed E-state index contributed by atoms with van der Waals surface area (Å²) in [6.07, 6.45) is 0.345. The lowest BCUT2D eigenvalue weighted by molar-refractivity contribution is -0.137. The van der Waals surface area contributed by atoms with Crippen LogP contribution < -0.4 is 4.74 Å². The van der Waals surface area contributed by atoms with E-state index in [-0.39, 0.29) is 5.91 Å². The summed E-state index contributed by atoms with van der Waals surface area (Å²) in [6.45, 7) is 4.38. The van der Waals surface area contributed by atoms with Crippen molar-refractivity contribution >= 4 is 17.5 Å². The molecule has 1 amide bonds. The van der Waals surface area contributed by atoms with Gasteiger partial charge in [-0.25, -0.2) is 0 Å². The van der Waals surface area contributed by atoms with E-state index in [9.17, 15) is 4.79 Å². The number of amides is 1. The van der Waals surface area contributed by atoms with Crippen LogP contribution in [0.3, 0.4) is 0 Å². The van der Waals surface area contributed by atoms with Crippen molar-refractivity contribution in [3.8, 4) is 5.75 Å². The highest BCUT2D eigenvalue weighted by molar-refractivity contribution is 6.30. The number of hydrogen-bond donors (Lipinski definition) is 0. The summed E-state index contributed by atoms with van der Waals surface area (Å²) in [5, 5.41) is 0.690. The van der Waals surface area contributed by atoms with Gasteiger partial charge in [0.1, 0.15) is 5.75 Å². The lowest BCUT2D eigenvalue weighted by atomic mass is 10.1. The predicted molar refractivity (Wildman–Crippen MR) is 93.8 cm³/mol. The molecule has 0 radical (unpaired) electrons. The van der Waals surface area contributed by atoms with Crippen molar-refractivity contribution in [3.63, 3.8) is 0 Å². The molecule has 0 saturated carbocycles. The van der Waals surface area contributed by atoms with Crippen molar-refractivity contribution in [1.29, 1.82) is 0 Å². The number of benzene rings is 2. The van der Waals surface area contributed by atoms with Gasteiger partial charge in [-0.3, -0.25) is 4.79 Å². The Morgan fingerprint density at radius 1 is 1.17 bits per heavy atom. The van der Waals surface area contributed by atoms with E-state index in [1.54, 1.807) is 18.9 Å². The molecule has 0 bridgehead atoms. The molecule has 0 N–H and O–H groups in total. The topological polar surface area (TPSA) is 29.5 Å². The molecule has 2 rings (SSSR count). The van der Waals surface area contributed by atoms with Gasteiger partial charge in [-0.1, -0.05) is 48.9 Å². The Bertz CT molecular complexity index is 655. The molecule has 0 aliphatic carbocycles. The fraction of sp³-hybridized carbons (Fsp3) is 0.316. The molecule has 0 saturated heterocycles. The fourth-order valence-corrected chi connectivity index (χ4v) is 2.53. The first kappa shape index (κ1) is 17.4. The van der Waals surface area contributed by atoms with E-state index in [4.69, 9.17) is 16.3 Å². The van der Waals surface area contributed by atoms with Gasteiger partial charge in [0.05, 0.1) is 0 Å². The molecule has 0 fully saturated rings. The maximum Gasteiger partial charge on any atom is 0.263 e. The van der Waals surface area contributed by atoms with Gasteiger partial charge in [-0.05, 0) is 42.7 Å². The van der Waals surface area contributed by atoms with Gasteiger partial charge in [0, 0.05) is 18.6 Å². The summed E-state index contributed by atoms with van der Waals surface area (Å²) in [6, 6.07) is 15.3. The first-order chi connectivity index (χ1) is 11.0. The normalized spacial score (nSPS) is 11.8. The molecule has 0 aliphatic rings. The number of aryl methyl sites for hydroxylation is 1. The second kappa shape index (κ2) is 8.02. The Labute approximate surface area is 142 Å². The summed E-state index contributed by atoms with van der Waals surface area (Å²) < 4.78 is 5.86. The van der Waals surface area contributed by atoms with Crippen molar-refractivity contribution in [2.45, 2.75) is 32.9 Å². The Balaban J connectivity index is 1.99. The number of carbonyl (C=O) groups is 1. The number of carbonyl (C=O) groups excluding carboxylic acids is 1. The van der Waals surface area contributed by atoms with Gasteiger partial charge < -0.3 is 9.64 Å². The van der Waals surface area contributed by atoms with Crippen molar-refractivity contribution < 1.29 is 9.53 Å². The molecule has 0 aliphatic heterocycles. The maximum atomic E-state index is 12.5. The largest absolute Gasteiger partial charge is 0.481 e. The van der Waals surface area contributed by atoms with Crippen LogP contribution >= 0.6 is 11.6 Å². The zero-order valence-corrected chi connectivity index (χ0v) is 14.5. The SMILES string of the molecule is CCc1ccccc1O[C@H](C)C(=O)N(C)Cc1ccc(Cl)cc1. The van der Waals surface area contributed by atoms with Gasteiger partial charge in [-0.15, -0.1) is 0 Å². The van der Waals surface area contributed by atoms with Crippen LogP contribution in [0.5, 0.6) is 5.75 Å². The van der Waals surface area contributed by atoms with E-state index < -0.39 is 6.10 Å². The van der Waals surface area contributed by atoms with Crippen molar-refractivity contribution in [1.82, 2.24) is 4.90 Å². The molecule has 2 aromatic rings. The Morgan fingerprint density at radius 3 is 2.48 bits per heavy atom. The minimum absolute atomic E-state index is 0.0501. The fourth-order valence-electron chi connectivity index (χ4n) is 2.40. The number of hydrogen-bond acceptors (Lipinski definition) is 2. The summed E-state index contributed by atoms with van der Waals surface area (Å²) in [4.78, 5) is 14.2. The Morgan fingerprint density at radius 2 is 1.83 bits per heavy atom. The van der Waals surface area contributed by atoms with E-state index in [2.05, 4.69) is 6.92 Å². The van der Waals surface area contributed by atoms with E-state index in [1.807, 2.05) is 48.5 Å². The Kier molecular flexibility index (Phi) is 6.05. The Hall–Kier alpha value is -2.00. The van der Waals surface area contributed by atoms with Crippen LogP contribution in [0.15, 0.2) is 48.5 Å². The first-order valence-electron chi connectivity index (χ1n) is 7.75. The molecule has 1 atom stereocenters. The summed E-state index contributed by atoms with van der Waals surface area (Å²) in [5.74, 6) is 0.724. The van der Waals surface area contributed by atoms with Crippen LogP contribution in [0.2, 0.25) is 5.02 Å². The van der Waals surface area contributed by atoms with Gasteiger partial charge in [-0.2, -0.15) is 0 Å². The molecule has 0 aromatic heterocycles. The maximum absolute atomic E-state index is 12.5. The number of rotatable bonds is 6. The minimum atomic E-state index is -0.528. The highest BCUT2D eigenvalue weighted by Gasteiger charge is 2.20. The highest BCUT2D eigenvalue weighted by atomic mass is 35.5. The van der Waals surface area contributed by atoms with Gasteiger partial charge in [0.15, 0.2) is 6.10 Å². The summed E-state index contributed by atoms with van der Waals surface area (Å²) in [5.41, 5.74) is 2.14. The number of ether oxygens (including phenoxy) is 1. The number of likely N-dealkylation sites (N-methyl/N-ethyl adjacent to an activating group) is 1. The monoisotopic (exact) mass is 331 g/mol. The molecular weight excluding hydrogens is 310 g/mol. The molecule has 0 spiro atoms. The van der Waals surface area contributed by atoms with Gasteiger partial charge in [0.2, 0.25) is 0 Å². The van der Waals surface area contributed by atoms with Gasteiger partial charge in [0.25, 0.3) is 5.91 Å². The number of nitrogens with zero attached hydrogens (tertiary/aromatic N) is 1. The van der Waals surface area contributed by atoms with Crippen LogP contribution in [0.4, 0.5) is 0 Å². The lowest BCUT2D eigenvalue weighted by Gasteiger charge is -2.23. The molecule has 0 heterocycles. The molecule has 122 valence electrons. The third-order valence-electron chi connectivity index (χ3n) is 3.71. The molecule has 2 aromatic carbocycles. The third-order valence-corrected chi connectivity index (χ3v) is 3.97. The second-order valence-corrected chi connectivity index (χ2v) is 5.98. The third kappa shape index (κ3) is 4.73. The molecule has 23 heavy (non-hydrogen) atoms. The van der Waals surface area contributed by atoms with Gasteiger partial charge >= 0.3 is 0 Å². The second-order valence-electron chi connectivity index (χ2n) is 5.54. The first-order valence-corrected chi connectivity index (χ1v) is 8.13.